The van der Waals surface area contributed by atoms with Crippen molar-refractivity contribution in [2.75, 3.05) is 0 Å². The van der Waals surface area contributed by atoms with Gasteiger partial charge in [-0.1, -0.05) is 23.7 Å². The van der Waals surface area contributed by atoms with Crippen molar-refractivity contribution in [2.24, 2.45) is 0 Å². The van der Waals surface area contributed by atoms with E-state index in [-0.39, 0.29) is 5.69 Å². The summed E-state index contributed by atoms with van der Waals surface area (Å²) in [5.41, 5.74) is 2.95. The Morgan fingerprint density at radius 1 is 1.33 bits per heavy atom. The van der Waals surface area contributed by atoms with Crippen molar-refractivity contribution >= 4 is 17.6 Å². The molecule has 3 nitrogen and oxygen atoms in total. The second kappa shape index (κ2) is 5.19. The topological polar surface area (TPSA) is 50.2 Å². The quantitative estimate of drug-likeness (QED) is 0.922. The molecular weight excluding hydrogens is 250 g/mol. The zero-order valence-corrected chi connectivity index (χ0v) is 10.6. The van der Waals surface area contributed by atoms with Crippen LogP contribution in [0.3, 0.4) is 0 Å². The minimum atomic E-state index is -1.01. The van der Waals surface area contributed by atoms with Gasteiger partial charge in [0, 0.05) is 17.1 Å². The van der Waals surface area contributed by atoms with Gasteiger partial charge in [-0.2, -0.15) is 0 Å². The van der Waals surface area contributed by atoms with Gasteiger partial charge in [-0.15, -0.1) is 0 Å². The molecule has 1 N–H and O–H groups in total. The van der Waals surface area contributed by atoms with E-state index < -0.39 is 5.97 Å². The second-order valence-corrected chi connectivity index (χ2v) is 4.50. The third-order valence-corrected chi connectivity index (χ3v) is 2.94. The summed E-state index contributed by atoms with van der Waals surface area (Å²) in [6.07, 6.45) is 0.577. The molecule has 0 aliphatic heterocycles. The largest absolute Gasteiger partial charge is 0.477 e. The Morgan fingerprint density at radius 3 is 2.83 bits per heavy atom. The summed E-state index contributed by atoms with van der Waals surface area (Å²) in [5, 5.41) is 9.56. The molecule has 2 rings (SSSR count). The number of hydrogen-bond donors (Lipinski definition) is 1. The highest BCUT2D eigenvalue weighted by Crippen LogP contribution is 2.18. The maximum Gasteiger partial charge on any atom is 0.354 e. The van der Waals surface area contributed by atoms with Gasteiger partial charge in [0.25, 0.3) is 0 Å². The fourth-order valence-electron chi connectivity index (χ4n) is 1.72. The smallest absolute Gasteiger partial charge is 0.354 e. The molecule has 18 heavy (non-hydrogen) atoms. The number of aromatic nitrogens is 1. The molecular formula is C14H12ClNO2. The average molecular weight is 262 g/mol. The summed E-state index contributed by atoms with van der Waals surface area (Å²) >= 11 is 5.95. The van der Waals surface area contributed by atoms with Crippen LogP contribution in [-0.4, -0.2) is 16.1 Å². The summed E-state index contributed by atoms with van der Waals surface area (Å²) in [5.74, 6) is -1.01. The molecule has 0 saturated carbocycles. The lowest BCUT2D eigenvalue weighted by molar-refractivity contribution is 0.0690. The van der Waals surface area contributed by atoms with Crippen molar-refractivity contribution in [3.63, 3.8) is 0 Å². The lowest BCUT2D eigenvalue weighted by Gasteiger charge is -2.06. The van der Waals surface area contributed by atoms with Gasteiger partial charge in [-0.3, -0.25) is 0 Å². The molecule has 1 aromatic heterocycles. The number of rotatable bonds is 3. The fraction of sp³-hybridized carbons (Fsp3) is 0.143. The third kappa shape index (κ3) is 2.87. The Balaban J connectivity index is 2.31. The van der Waals surface area contributed by atoms with Gasteiger partial charge in [0.05, 0.1) is 0 Å². The van der Waals surface area contributed by atoms with E-state index in [4.69, 9.17) is 16.7 Å². The Bertz CT molecular complexity index is 596. The van der Waals surface area contributed by atoms with E-state index in [0.717, 1.165) is 16.8 Å². The molecule has 92 valence electrons. The average Bonchev–Trinajstić information content (AvgIpc) is 2.34. The molecule has 0 radical (unpaired) electrons. The molecule has 1 heterocycles. The van der Waals surface area contributed by atoms with E-state index in [1.807, 2.05) is 31.2 Å². The number of benzene rings is 1. The first-order chi connectivity index (χ1) is 8.56. The van der Waals surface area contributed by atoms with Gasteiger partial charge in [-0.05, 0) is 42.3 Å². The number of carboxylic acids is 1. The Labute approximate surface area is 110 Å². The van der Waals surface area contributed by atoms with Crippen LogP contribution >= 0.6 is 11.6 Å². The van der Waals surface area contributed by atoms with Crippen LogP contribution in [0.5, 0.6) is 0 Å². The normalized spacial score (nSPS) is 10.3. The number of aromatic carboxylic acids is 1. The van der Waals surface area contributed by atoms with Gasteiger partial charge >= 0.3 is 5.97 Å². The Kier molecular flexibility index (Phi) is 3.63. The molecule has 0 aliphatic carbocycles. The van der Waals surface area contributed by atoms with Crippen LogP contribution in [0.25, 0.3) is 0 Å². The lowest BCUT2D eigenvalue weighted by atomic mass is 10.0. The van der Waals surface area contributed by atoms with Crippen LogP contribution in [0.1, 0.15) is 27.3 Å². The highest BCUT2D eigenvalue weighted by atomic mass is 35.5. The molecule has 0 fully saturated rings. The first kappa shape index (κ1) is 12.6. The number of pyridine rings is 1. The molecule has 0 aliphatic rings. The first-order valence-corrected chi connectivity index (χ1v) is 5.88. The summed E-state index contributed by atoms with van der Waals surface area (Å²) < 4.78 is 0. The molecule has 0 amide bonds. The van der Waals surface area contributed by atoms with Crippen molar-refractivity contribution in [1.82, 2.24) is 4.98 Å². The monoisotopic (exact) mass is 261 g/mol. The van der Waals surface area contributed by atoms with E-state index in [1.165, 1.54) is 6.07 Å². The first-order valence-electron chi connectivity index (χ1n) is 5.50. The number of hydrogen-bond acceptors (Lipinski definition) is 2. The lowest BCUT2D eigenvalue weighted by Crippen LogP contribution is -2.03. The molecule has 0 bridgehead atoms. The number of carboxylic acid groups (broad SMARTS) is 1. The van der Waals surface area contributed by atoms with Crippen molar-refractivity contribution in [3.05, 3.63) is 63.9 Å². The van der Waals surface area contributed by atoms with E-state index in [2.05, 4.69) is 4.98 Å². The zero-order chi connectivity index (χ0) is 13.1. The second-order valence-electron chi connectivity index (χ2n) is 4.07. The third-order valence-electron chi connectivity index (χ3n) is 2.71. The maximum atomic E-state index is 10.8. The van der Waals surface area contributed by atoms with Crippen molar-refractivity contribution < 1.29 is 9.90 Å². The molecule has 0 unspecified atom stereocenters. The summed E-state index contributed by atoms with van der Waals surface area (Å²) in [4.78, 5) is 14.9. The maximum absolute atomic E-state index is 10.8. The predicted octanol–water partition coefficient (Wildman–Crippen LogP) is 3.33. The molecule has 2 aromatic rings. The van der Waals surface area contributed by atoms with Crippen LogP contribution in [0.4, 0.5) is 0 Å². The van der Waals surface area contributed by atoms with Gasteiger partial charge in [0.1, 0.15) is 5.69 Å². The molecule has 1 aromatic carbocycles. The summed E-state index contributed by atoms with van der Waals surface area (Å²) in [6.45, 7) is 1.99. The van der Waals surface area contributed by atoms with Crippen LogP contribution in [0.2, 0.25) is 5.02 Å². The van der Waals surface area contributed by atoms with Crippen LogP contribution < -0.4 is 0 Å². The van der Waals surface area contributed by atoms with E-state index in [9.17, 15) is 4.79 Å². The van der Waals surface area contributed by atoms with E-state index in [1.54, 1.807) is 6.07 Å². The van der Waals surface area contributed by atoms with Crippen LogP contribution in [0.15, 0.2) is 36.4 Å². The molecule has 0 saturated heterocycles. The minimum absolute atomic E-state index is 0.0622. The van der Waals surface area contributed by atoms with Crippen molar-refractivity contribution in [2.45, 2.75) is 13.3 Å². The summed E-state index contributed by atoms with van der Waals surface area (Å²) in [6, 6.07) is 10.7. The molecule has 4 heteroatoms. The SMILES string of the molecule is Cc1ccc(Cl)cc1Cc1cccc(C(=O)O)n1. The van der Waals surface area contributed by atoms with Gasteiger partial charge in [0.2, 0.25) is 0 Å². The summed E-state index contributed by atoms with van der Waals surface area (Å²) in [7, 11) is 0. The van der Waals surface area contributed by atoms with Crippen LogP contribution in [-0.2, 0) is 6.42 Å². The fourth-order valence-corrected chi connectivity index (χ4v) is 1.92. The number of nitrogens with zero attached hydrogens (tertiary/aromatic N) is 1. The molecule has 0 atom stereocenters. The molecule has 0 spiro atoms. The Hall–Kier alpha value is -1.87. The predicted molar refractivity (Wildman–Crippen MR) is 70.2 cm³/mol. The highest BCUT2D eigenvalue weighted by molar-refractivity contribution is 6.30. The standard InChI is InChI=1S/C14H12ClNO2/c1-9-5-6-11(15)7-10(9)8-12-3-2-4-13(16-12)14(17)18/h2-7H,8H2,1H3,(H,17,18). The van der Waals surface area contributed by atoms with Gasteiger partial charge in [-0.25, -0.2) is 9.78 Å². The van der Waals surface area contributed by atoms with Gasteiger partial charge in [0.15, 0.2) is 0 Å². The Morgan fingerprint density at radius 2 is 2.11 bits per heavy atom. The zero-order valence-electron chi connectivity index (χ0n) is 9.85. The van der Waals surface area contributed by atoms with Gasteiger partial charge < -0.3 is 5.11 Å². The van der Waals surface area contributed by atoms with Crippen molar-refractivity contribution in [3.8, 4) is 0 Å². The van der Waals surface area contributed by atoms with E-state index >= 15 is 0 Å². The number of aryl methyl sites for hydroxylation is 1. The van der Waals surface area contributed by atoms with Crippen molar-refractivity contribution in [1.29, 1.82) is 0 Å². The van der Waals surface area contributed by atoms with E-state index in [0.29, 0.717) is 11.4 Å². The minimum Gasteiger partial charge on any atom is -0.477 e. The highest BCUT2D eigenvalue weighted by Gasteiger charge is 2.07. The number of halogens is 1. The van der Waals surface area contributed by atoms with Crippen LogP contribution in [0, 0.1) is 6.92 Å². The number of carbonyl (C=O) groups is 1.